The molecule has 0 fully saturated rings. The van der Waals surface area contributed by atoms with E-state index in [-0.39, 0.29) is 0 Å². The van der Waals surface area contributed by atoms with Gasteiger partial charge >= 0.3 is 0 Å². The highest BCUT2D eigenvalue weighted by Crippen LogP contribution is 2.26. The molecule has 2 aromatic carbocycles. The topological polar surface area (TPSA) is 56.7 Å². The smallest absolute Gasteiger partial charge is 0.168 e. The third-order valence-corrected chi connectivity index (χ3v) is 4.23. The van der Waals surface area contributed by atoms with Crippen molar-refractivity contribution in [3.8, 4) is 17.1 Å². The van der Waals surface area contributed by atoms with Crippen molar-refractivity contribution in [3.05, 3.63) is 64.4 Å². The van der Waals surface area contributed by atoms with Crippen molar-refractivity contribution >= 4 is 15.9 Å². The van der Waals surface area contributed by atoms with Gasteiger partial charge in [-0.05, 0) is 36.8 Å². The van der Waals surface area contributed by atoms with Crippen molar-refractivity contribution in [1.29, 1.82) is 0 Å². The minimum absolute atomic E-state index is 0.345. The molecule has 0 radical (unpaired) electrons. The van der Waals surface area contributed by atoms with Crippen LogP contribution in [0.1, 0.15) is 11.4 Å². The maximum atomic E-state index is 5.80. The van der Waals surface area contributed by atoms with Crippen LogP contribution in [0.15, 0.2) is 53.0 Å². The Morgan fingerprint density at radius 3 is 2.52 bits per heavy atom. The average molecular weight is 343 g/mol. The number of hydrogen-bond donors (Lipinski definition) is 1. The van der Waals surface area contributed by atoms with Crippen molar-refractivity contribution in [3.63, 3.8) is 0 Å². The first-order chi connectivity index (χ1) is 10.2. The maximum absolute atomic E-state index is 5.80. The molecule has 0 spiro atoms. The Bertz CT molecular complexity index is 765. The second-order valence-corrected chi connectivity index (χ2v) is 5.63. The highest BCUT2D eigenvalue weighted by molar-refractivity contribution is 9.10. The van der Waals surface area contributed by atoms with Gasteiger partial charge in [0.1, 0.15) is 0 Å². The molecule has 0 atom stereocenters. The van der Waals surface area contributed by atoms with Crippen molar-refractivity contribution in [1.82, 2.24) is 14.8 Å². The summed E-state index contributed by atoms with van der Waals surface area (Å²) in [7, 11) is 0. The van der Waals surface area contributed by atoms with Crippen LogP contribution >= 0.6 is 15.9 Å². The van der Waals surface area contributed by atoms with E-state index in [4.69, 9.17) is 5.73 Å². The Morgan fingerprint density at radius 1 is 1.10 bits per heavy atom. The van der Waals surface area contributed by atoms with Crippen LogP contribution in [0.2, 0.25) is 0 Å². The van der Waals surface area contributed by atoms with Crippen LogP contribution in [-0.4, -0.2) is 14.8 Å². The molecule has 0 aliphatic carbocycles. The van der Waals surface area contributed by atoms with Crippen LogP contribution in [0.5, 0.6) is 0 Å². The molecule has 0 aliphatic rings. The minimum Gasteiger partial charge on any atom is -0.324 e. The first-order valence-electron chi connectivity index (χ1n) is 6.67. The molecule has 0 saturated heterocycles. The highest BCUT2D eigenvalue weighted by atomic mass is 79.9. The van der Waals surface area contributed by atoms with E-state index in [1.54, 1.807) is 0 Å². The fourth-order valence-electron chi connectivity index (χ4n) is 2.27. The van der Waals surface area contributed by atoms with Gasteiger partial charge in [-0.2, -0.15) is 0 Å². The van der Waals surface area contributed by atoms with Crippen LogP contribution in [0.25, 0.3) is 17.1 Å². The zero-order valence-electron chi connectivity index (χ0n) is 11.6. The molecule has 4 nitrogen and oxygen atoms in total. The number of rotatable bonds is 3. The van der Waals surface area contributed by atoms with Crippen LogP contribution in [0.4, 0.5) is 0 Å². The average Bonchev–Trinajstić information content (AvgIpc) is 2.95. The quantitative estimate of drug-likeness (QED) is 0.792. The summed E-state index contributed by atoms with van der Waals surface area (Å²) in [5.74, 6) is 1.55. The van der Waals surface area contributed by atoms with E-state index in [1.807, 2.05) is 47.0 Å². The molecule has 3 rings (SSSR count). The maximum Gasteiger partial charge on any atom is 0.168 e. The summed E-state index contributed by atoms with van der Waals surface area (Å²) in [6.07, 6.45) is 0. The predicted octanol–water partition coefficient (Wildman–Crippen LogP) is 3.46. The summed E-state index contributed by atoms with van der Waals surface area (Å²) in [5.41, 5.74) is 8.99. The van der Waals surface area contributed by atoms with Crippen molar-refractivity contribution < 1.29 is 0 Å². The summed E-state index contributed by atoms with van der Waals surface area (Å²) in [6.45, 7) is 2.40. The third kappa shape index (κ3) is 2.62. The first kappa shape index (κ1) is 14.0. The van der Waals surface area contributed by atoms with Gasteiger partial charge in [0.25, 0.3) is 0 Å². The largest absolute Gasteiger partial charge is 0.324 e. The van der Waals surface area contributed by atoms with Crippen LogP contribution in [0, 0.1) is 6.92 Å². The van der Waals surface area contributed by atoms with Gasteiger partial charge in [-0.15, -0.1) is 10.2 Å². The molecule has 2 N–H and O–H groups in total. The van der Waals surface area contributed by atoms with Crippen LogP contribution in [0.3, 0.4) is 0 Å². The normalized spacial score (nSPS) is 10.8. The van der Waals surface area contributed by atoms with Crippen molar-refractivity contribution in [2.45, 2.75) is 13.5 Å². The van der Waals surface area contributed by atoms with E-state index in [1.165, 1.54) is 0 Å². The lowest BCUT2D eigenvalue weighted by molar-refractivity contribution is 0.861. The number of halogens is 1. The predicted molar refractivity (Wildman–Crippen MR) is 87.1 cm³/mol. The van der Waals surface area contributed by atoms with Gasteiger partial charge in [0.15, 0.2) is 11.6 Å². The molecular weight excluding hydrogens is 328 g/mol. The molecule has 3 aromatic rings. The molecule has 0 bridgehead atoms. The summed E-state index contributed by atoms with van der Waals surface area (Å²) in [4.78, 5) is 0. The van der Waals surface area contributed by atoms with Crippen LogP contribution < -0.4 is 5.73 Å². The molecule has 106 valence electrons. The minimum atomic E-state index is 0.345. The van der Waals surface area contributed by atoms with Crippen LogP contribution in [-0.2, 0) is 6.54 Å². The fraction of sp³-hybridized carbons (Fsp3) is 0.125. The molecule has 0 amide bonds. The molecule has 1 heterocycles. The van der Waals surface area contributed by atoms with E-state index in [0.717, 1.165) is 32.9 Å². The monoisotopic (exact) mass is 342 g/mol. The van der Waals surface area contributed by atoms with Gasteiger partial charge in [-0.1, -0.05) is 40.2 Å². The van der Waals surface area contributed by atoms with E-state index >= 15 is 0 Å². The molecule has 0 unspecified atom stereocenters. The summed E-state index contributed by atoms with van der Waals surface area (Å²) >= 11 is 3.52. The summed E-state index contributed by atoms with van der Waals surface area (Å²) < 4.78 is 3.08. The number of nitrogens with two attached hydrogens (primary N) is 1. The number of aromatic nitrogens is 3. The van der Waals surface area contributed by atoms with E-state index in [2.05, 4.69) is 39.1 Å². The number of nitrogens with zero attached hydrogens (tertiary/aromatic N) is 3. The molecule has 0 saturated carbocycles. The second-order valence-electron chi connectivity index (χ2n) is 4.78. The molecule has 21 heavy (non-hydrogen) atoms. The lowest BCUT2D eigenvalue weighted by Crippen LogP contribution is -2.07. The molecule has 0 aliphatic heterocycles. The van der Waals surface area contributed by atoms with Gasteiger partial charge in [0.05, 0.1) is 6.54 Å². The Balaban J connectivity index is 2.20. The Hall–Kier alpha value is -1.98. The van der Waals surface area contributed by atoms with Gasteiger partial charge in [0, 0.05) is 15.7 Å². The van der Waals surface area contributed by atoms with Gasteiger partial charge < -0.3 is 5.73 Å². The van der Waals surface area contributed by atoms with E-state index in [9.17, 15) is 0 Å². The summed E-state index contributed by atoms with van der Waals surface area (Å²) in [5, 5.41) is 8.54. The first-order valence-corrected chi connectivity index (χ1v) is 7.46. The third-order valence-electron chi connectivity index (χ3n) is 3.34. The number of benzene rings is 2. The fourth-order valence-corrected chi connectivity index (χ4v) is 2.51. The second kappa shape index (κ2) is 5.79. The lowest BCUT2D eigenvalue weighted by atomic mass is 10.1. The van der Waals surface area contributed by atoms with E-state index < -0.39 is 0 Å². The van der Waals surface area contributed by atoms with Crippen molar-refractivity contribution in [2.24, 2.45) is 5.73 Å². The van der Waals surface area contributed by atoms with E-state index in [0.29, 0.717) is 6.54 Å². The van der Waals surface area contributed by atoms with Crippen molar-refractivity contribution in [2.75, 3.05) is 0 Å². The van der Waals surface area contributed by atoms with Gasteiger partial charge in [0.2, 0.25) is 0 Å². The highest BCUT2D eigenvalue weighted by Gasteiger charge is 2.14. The molecule has 5 heteroatoms. The Morgan fingerprint density at radius 2 is 1.86 bits per heavy atom. The van der Waals surface area contributed by atoms with Gasteiger partial charge in [-0.25, -0.2) is 0 Å². The number of para-hydroxylation sites is 1. The molecular formula is C16H15BrN4. The number of aryl methyl sites for hydroxylation is 1. The zero-order valence-corrected chi connectivity index (χ0v) is 13.2. The Kier molecular flexibility index (Phi) is 3.86. The standard InChI is InChI=1S/C16H15BrN4/c1-11-9-12(7-8-14(11)17)16-20-19-15(10-18)21(16)13-5-3-2-4-6-13/h2-9H,10,18H2,1H3. The zero-order chi connectivity index (χ0) is 14.8. The lowest BCUT2D eigenvalue weighted by Gasteiger charge is -2.10. The SMILES string of the molecule is Cc1cc(-c2nnc(CN)n2-c2ccccc2)ccc1Br. The van der Waals surface area contributed by atoms with Gasteiger partial charge in [-0.3, -0.25) is 4.57 Å². The summed E-state index contributed by atoms with van der Waals surface area (Å²) in [6, 6.07) is 16.2. The molecule has 1 aromatic heterocycles. The number of hydrogen-bond acceptors (Lipinski definition) is 3. The Labute approximate surface area is 131 Å².